The van der Waals surface area contributed by atoms with Crippen molar-refractivity contribution >= 4 is 118 Å². The van der Waals surface area contributed by atoms with E-state index in [2.05, 4.69) is 67.2 Å². The first-order valence-corrected chi connectivity index (χ1v) is 42.1. The summed E-state index contributed by atoms with van der Waals surface area (Å²) < 4.78 is 0. The number of amides is 4. The van der Waals surface area contributed by atoms with Crippen molar-refractivity contribution in [2.45, 2.75) is 265 Å². The van der Waals surface area contributed by atoms with Gasteiger partial charge in [0, 0.05) is 111 Å². The molecule has 28 heteroatoms. The van der Waals surface area contributed by atoms with Crippen LogP contribution in [0.3, 0.4) is 0 Å². The lowest BCUT2D eigenvalue weighted by Crippen LogP contribution is -2.30. The van der Waals surface area contributed by atoms with Gasteiger partial charge in [-0.2, -0.15) is 0 Å². The minimum atomic E-state index is -1.24. The average Bonchev–Trinajstić information content (AvgIpc) is 1.68. The van der Waals surface area contributed by atoms with Crippen LogP contribution < -0.4 is 9.80 Å². The molecule has 10 rings (SSSR count). The topological polar surface area (TPSA) is 476 Å². The molecule has 2 aliphatic heterocycles. The van der Waals surface area contributed by atoms with Crippen LogP contribution in [0.1, 0.15) is 265 Å². The predicted octanol–water partition coefficient (Wildman–Crippen LogP) is 17.2. The molecule has 696 valence electrons. The number of allylic oxidation sites excluding steroid dienone is 12. The van der Waals surface area contributed by atoms with Gasteiger partial charge in [-0.3, -0.25) is 62.4 Å². The number of para-hydroxylation sites is 2. The maximum absolute atomic E-state index is 11.6. The summed E-state index contributed by atoms with van der Waals surface area (Å²) in [5, 5.41) is 64.3. The Morgan fingerprint density at radius 1 is 0.524 bits per heavy atom. The molecule has 0 radical (unpaired) electrons. The number of rotatable bonds is 19. The lowest BCUT2D eigenvalue weighted by Gasteiger charge is -2.14. The van der Waals surface area contributed by atoms with E-state index >= 15 is 0 Å². The number of aliphatic hydroxyl groups excluding tert-OH is 2. The molecule has 0 bridgehead atoms. The highest BCUT2D eigenvalue weighted by Gasteiger charge is 2.36. The molecular formula is C98H138N2O26. The van der Waals surface area contributed by atoms with Crippen LogP contribution in [-0.4, -0.2) is 161 Å². The Hall–Kier alpha value is -11.8. The SMILES string of the molecule is C/C(=C/C(=O)O)C(=O)O.C/C(=C/C(=O)O)C(=O)O.C=C(CO)C(=O)O.CC(C)=CCC/C(C)=C\C=O.CC(C)=CCCC(C)CC=O.CC(CO)C(=O)O.CC1=CC(=O)CC1.CC1=CC(=O)CCC1.CC1=CC(=O)N(c2ccccc2)C1=O.CC1=CCCC1=O.CC1CC(=O)N(c2ccccc2)C1=O.CC1CCC(=O)C1.CC1CCCC(=O)C1.CC1CCCC1=O. The molecule has 6 atom stereocenters. The molecule has 8 N–H and O–H groups in total. The first-order chi connectivity index (χ1) is 58.9. The molecule has 126 heavy (non-hydrogen) atoms. The van der Waals surface area contributed by atoms with Crippen molar-refractivity contribution in [2.75, 3.05) is 23.0 Å². The number of hydrogen-bond acceptors (Lipinski definition) is 20. The number of aliphatic hydroxyl groups is 2. The van der Waals surface area contributed by atoms with Gasteiger partial charge in [-0.05, 0) is 232 Å². The van der Waals surface area contributed by atoms with Crippen molar-refractivity contribution in [3.8, 4) is 0 Å². The summed E-state index contributed by atoms with van der Waals surface area (Å²) in [7, 11) is 0. The normalized spacial score (nSPS) is 18.0. The zero-order chi connectivity index (χ0) is 97.3. The second kappa shape index (κ2) is 70.5. The summed E-state index contributed by atoms with van der Waals surface area (Å²) >= 11 is 0. The van der Waals surface area contributed by atoms with Crippen molar-refractivity contribution in [3.63, 3.8) is 0 Å². The van der Waals surface area contributed by atoms with Crippen LogP contribution >= 0.6 is 0 Å². The molecule has 2 aromatic carbocycles. The minimum absolute atomic E-state index is 0.0961. The molecule has 6 aliphatic carbocycles. The molecule has 2 heterocycles. The number of ketones is 6. The number of carbonyl (C=O) groups excluding carboxylic acids is 12. The maximum atomic E-state index is 11.6. The van der Waals surface area contributed by atoms with E-state index in [1.165, 1.54) is 65.4 Å². The molecule has 6 unspecified atom stereocenters. The zero-order valence-electron chi connectivity index (χ0n) is 76.8. The second-order valence-corrected chi connectivity index (χ2v) is 31.9. The fourth-order valence-electron chi connectivity index (χ4n) is 11.1. The standard InChI is InChI=1S/C11H11NO2.C11H9NO2.C10H18O.C10H16O.C7H12O.C7H10O.C6H10O.C6H8O.C6H10O.C6H8O.2C5H6O4.C4H8O3.C4H6O3/c2*1-8-7-10(13)12(11(8)14)9-5-3-2-4-6-9;2*1-9(2)5-4-6-10(3)7-8-11;2*1-6-3-2-4-7(8)5-6;2*1-5-2-3-6(7)4-5;2*1-5-3-2-4-6(5)7;2*1-3(5(8)9)2-4(6)7;2*1-3(2-5)4(6)7/h2-6,8H,7H2,1H3;2-7H,1H3;5,8,10H,4,6-7H2,1-3H3;5,7-8H,4,6H2,1-3H3;6H,2-5H2,1H3;5H,2-4H2,1H3;5H,2-4H2,1H3;4H,2-3H2,1H3;5H,2-4H2,1H3;3H,2,4H2,1H3;2*2H,1H3,(H,6,7)(H,8,9);3,5H,2H2,1H3,(H,6,7);5H,1-2H2,(H,6,7)/b;;;10-7-;;;;;;;2*3-2-;;. The van der Waals surface area contributed by atoms with Crippen LogP contribution in [0.4, 0.5) is 11.4 Å². The van der Waals surface area contributed by atoms with Crippen molar-refractivity contribution in [2.24, 2.45) is 35.5 Å². The Morgan fingerprint density at radius 3 is 1.26 bits per heavy atom. The van der Waals surface area contributed by atoms with Crippen molar-refractivity contribution in [1.82, 2.24) is 0 Å². The molecule has 2 aromatic rings. The fraction of sp³-hybridized carbons (Fsp3) is 0.490. The Kier molecular flexibility index (Phi) is 67.4. The quantitative estimate of drug-likeness (QED) is 0.0280. The number of carbonyl (C=O) groups is 18. The monoisotopic (exact) mass is 1760 g/mol. The summed E-state index contributed by atoms with van der Waals surface area (Å²) in [4.78, 5) is 191. The number of anilines is 2. The number of imide groups is 2. The van der Waals surface area contributed by atoms with Gasteiger partial charge in [0.25, 0.3) is 11.8 Å². The first-order valence-electron chi connectivity index (χ1n) is 42.1. The van der Waals surface area contributed by atoms with Gasteiger partial charge in [-0.15, -0.1) is 0 Å². The highest BCUT2D eigenvalue weighted by atomic mass is 16.4. The van der Waals surface area contributed by atoms with Gasteiger partial charge in [-0.25, -0.2) is 28.9 Å². The van der Waals surface area contributed by atoms with E-state index in [1.54, 1.807) is 68.5 Å². The summed E-state index contributed by atoms with van der Waals surface area (Å²) in [5.41, 5.74) is 8.50. The third kappa shape index (κ3) is 63.2. The molecule has 8 aliphatic rings. The van der Waals surface area contributed by atoms with E-state index in [0.717, 1.165) is 152 Å². The number of nitrogens with zero attached hydrogens (tertiary/aromatic N) is 2. The summed E-state index contributed by atoms with van der Waals surface area (Å²) in [6, 6.07) is 17.9. The number of aliphatic carboxylic acids is 6. The van der Waals surface area contributed by atoms with Crippen molar-refractivity contribution < 1.29 is 127 Å². The molecular weight excluding hydrogens is 1620 g/mol. The largest absolute Gasteiger partial charge is 0.481 e. The van der Waals surface area contributed by atoms with E-state index in [1.807, 2.05) is 65.0 Å². The van der Waals surface area contributed by atoms with Crippen LogP contribution in [0.15, 0.2) is 178 Å². The number of carboxylic acid groups (broad SMARTS) is 6. The number of hydrogen-bond donors (Lipinski definition) is 8. The van der Waals surface area contributed by atoms with E-state index in [4.69, 9.17) is 40.9 Å². The maximum Gasteiger partial charge on any atom is 0.333 e. The van der Waals surface area contributed by atoms with Crippen LogP contribution in [0, 0.1) is 35.5 Å². The van der Waals surface area contributed by atoms with E-state index in [0.29, 0.717) is 94.5 Å². The molecule has 0 spiro atoms. The minimum Gasteiger partial charge on any atom is -0.481 e. The lowest BCUT2D eigenvalue weighted by atomic mass is 9.90. The van der Waals surface area contributed by atoms with Gasteiger partial charge in [0.15, 0.2) is 17.3 Å². The number of benzene rings is 2. The third-order valence-corrected chi connectivity index (χ3v) is 18.9. The van der Waals surface area contributed by atoms with Gasteiger partial charge >= 0.3 is 35.8 Å². The summed E-state index contributed by atoms with van der Waals surface area (Å²) in [5.74, 6) is -3.98. The first kappa shape index (κ1) is 121. The average molecular weight is 1760 g/mol. The van der Waals surface area contributed by atoms with Crippen LogP contribution in [0.5, 0.6) is 0 Å². The van der Waals surface area contributed by atoms with Crippen molar-refractivity contribution in [3.05, 3.63) is 178 Å². The highest BCUT2D eigenvalue weighted by molar-refractivity contribution is 6.30. The Morgan fingerprint density at radius 2 is 1.01 bits per heavy atom. The van der Waals surface area contributed by atoms with Gasteiger partial charge in [0.05, 0.1) is 36.1 Å². The number of aldehydes is 2. The van der Waals surface area contributed by atoms with Gasteiger partial charge in [-0.1, -0.05) is 124 Å². The smallest absolute Gasteiger partial charge is 0.333 e. The van der Waals surface area contributed by atoms with E-state index in [9.17, 15) is 86.3 Å². The predicted molar refractivity (Wildman–Crippen MR) is 486 cm³/mol. The number of carboxylic acids is 6. The Bertz CT molecular complexity index is 4130. The van der Waals surface area contributed by atoms with Crippen molar-refractivity contribution in [1.29, 1.82) is 0 Å². The highest BCUT2D eigenvalue weighted by Crippen LogP contribution is 2.27. The second-order valence-electron chi connectivity index (χ2n) is 31.9. The summed E-state index contributed by atoms with van der Waals surface area (Å²) in [6.45, 7) is 34.2. The van der Waals surface area contributed by atoms with Crippen LogP contribution in [0.25, 0.3) is 0 Å². The van der Waals surface area contributed by atoms with E-state index < -0.39 is 48.3 Å². The van der Waals surface area contributed by atoms with Gasteiger partial charge in [0.2, 0.25) is 11.8 Å². The van der Waals surface area contributed by atoms with Crippen LogP contribution in [-0.2, 0) is 86.3 Å². The summed E-state index contributed by atoms with van der Waals surface area (Å²) in [6.07, 6.45) is 37.6. The van der Waals surface area contributed by atoms with E-state index in [-0.39, 0.29) is 58.7 Å². The molecule has 4 amide bonds. The Balaban J connectivity index is -0.000000641. The lowest BCUT2D eigenvalue weighted by molar-refractivity contribution is -0.142. The molecule has 4 fully saturated rings. The molecule has 0 aromatic heterocycles. The van der Waals surface area contributed by atoms with Crippen LogP contribution in [0.2, 0.25) is 0 Å². The Labute approximate surface area is 743 Å². The number of Topliss-reactive ketones (excluding diaryl/α,β-unsaturated/α-hetero) is 4. The van der Waals surface area contributed by atoms with Gasteiger partial charge in [0.1, 0.15) is 29.9 Å². The fourth-order valence-corrected chi connectivity index (χ4v) is 11.1. The zero-order valence-corrected chi connectivity index (χ0v) is 76.8. The third-order valence-electron chi connectivity index (χ3n) is 18.9. The molecule has 1 saturated heterocycles. The molecule has 3 saturated carbocycles. The molecule has 28 nitrogen and oxygen atoms in total. The van der Waals surface area contributed by atoms with Gasteiger partial charge < -0.3 is 45.6 Å².